The molecule has 6 heteroatoms. The molecule has 0 saturated carbocycles. The van der Waals surface area contributed by atoms with E-state index in [2.05, 4.69) is 37.4 Å². The minimum absolute atomic E-state index is 0.0561. The first-order valence-corrected chi connectivity index (χ1v) is 9.51. The number of amides is 2. The van der Waals surface area contributed by atoms with Gasteiger partial charge in [-0.1, -0.05) is 35.9 Å². The van der Waals surface area contributed by atoms with E-state index in [1.807, 2.05) is 31.3 Å². The first kappa shape index (κ1) is 20.0. The number of rotatable bonds is 8. The fraction of sp³-hybridized carbons (Fsp3) is 0.300. The van der Waals surface area contributed by atoms with E-state index in [0.717, 1.165) is 16.3 Å². The Labute approximate surface area is 159 Å². The summed E-state index contributed by atoms with van der Waals surface area (Å²) in [6.07, 6.45) is 0. The van der Waals surface area contributed by atoms with E-state index in [1.54, 1.807) is 0 Å². The molecule has 1 unspecified atom stereocenters. The van der Waals surface area contributed by atoms with Crippen LogP contribution in [0.2, 0.25) is 0 Å². The summed E-state index contributed by atoms with van der Waals surface area (Å²) in [5, 5.41) is 2.94. The number of thioether (sulfide) groups is 1. The average molecular weight is 373 g/mol. The highest BCUT2D eigenvalue weighted by atomic mass is 32.2. The molecule has 26 heavy (non-hydrogen) atoms. The van der Waals surface area contributed by atoms with E-state index in [1.165, 1.54) is 28.5 Å². The number of aryl methyl sites for hydroxylation is 2. The van der Waals surface area contributed by atoms with Crippen LogP contribution in [-0.2, 0) is 16.1 Å². The number of benzene rings is 2. The summed E-state index contributed by atoms with van der Waals surface area (Å²) < 4.78 is 0. The molecule has 0 fully saturated rings. The topological polar surface area (TPSA) is 76.6 Å². The van der Waals surface area contributed by atoms with Gasteiger partial charge in [0.15, 0.2) is 6.54 Å². The maximum atomic E-state index is 12.4. The van der Waals surface area contributed by atoms with Gasteiger partial charge >= 0.3 is 0 Å². The van der Waals surface area contributed by atoms with Crippen molar-refractivity contribution in [2.24, 2.45) is 5.73 Å². The number of anilines is 1. The second-order valence-corrected chi connectivity index (χ2v) is 7.56. The number of nitrogens with one attached hydrogen (secondary N) is 2. The Kier molecular flexibility index (Phi) is 7.24. The van der Waals surface area contributed by atoms with E-state index in [-0.39, 0.29) is 17.6 Å². The summed E-state index contributed by atoms with van der Waals surface area (Å²) in [7, 11) is 2.01. The Morgan fingerprint density at radius 1 is 1.15 bits per heavy atom. The first-order chi connectivity index (χ1) is 12.3. The third kappa shape index (κ3) is 6.20. The van der Waals surface area contributed by atoms with E-state index < -0.39 is 0 Å². The van der Waals surface area contributed by atoms with Crippen molar-refractivity contribution in [3.63, 3.8) is 0 Å². The van der Waals surface area contributed by atoms with Gasteiger partial charge in [-0.3, -0.25) is 9.59 Å². The molecule has 0 spiro atoms. The van der Waals surface area contributed by atoms with Crippen LogP contribution in [0, 0.1) is 13.8 Å². The van der Waals surface area contributed by atoms with Crippen molar-refractivity contribution in [2.75, 3.05) is 24.7 Å². The Balaban J connectivity index is 1.94. The molecule has 0 aromatic heterocycles. The standard InChI is InChI=1S/C20H25N3O2S/c1-14-8-9-16(15(2)10-14)11-23(3)12-20(25)22-17-6-4-5-7-18(17)26-13-19(21)24/h4-10H,11-13H2,1-3H3,(H2,21,24)(H,22,25)/p+1. The molecule has 0 aliphatic heterocycles. The van der Waals surface area contributed by atoms with Gasteiger partial charge in [-0.2, -0.15) is 0 Å². The molecule has 4 N–H and O–H groups in total. The van der Waals surface area contributed by atoms with Crippen molar-refractivity contribution >= 4 is 29.3 Å². The van der Waals surface area contributed by atoms with Gasteiger partial charge in [0.1, 0.15) is 6.54 Å². The van der Waals surface area contributed by atoms with Crippen LogP contribution in [0.15, 0.2) is 47.4 Å². The zero-order valence-corrected chi connectivity index (χ0v) is 16.3. The Morgan fingerprint density at radius 2 is 1.88 bits per heavy atom. The van der Waals surface area contributed by atoms with E-state index >= 15 is 0 Å². The smallest absolute Gasteiger partial charge is 0.279 e. The fourth-order valence-electron chi connectivity index (χ4n) is 2.74. The number of carbonyl (C=O) groups is 2. The molecular weight excluding hydrogens is 346 g/mol. The number of quaternary nitrogens is 1. The lowest BCUT2D eigenvalue weighted by Gasteiger charge is -2.16. The Bertz CT molecular complexity index is 792. The molecule has 0 heterocycles. The molecule has 2 rings (SSSR count). The number of carbonyl (C=O) groups excluding carboxylic acids is 2. The summed E-state index contributed by atoms with van der Waals surface area (Å²) >= 11 is 1.33. The number of likely N-dealkylation sites (N-methyl/N-ethyl adjacent to an activating group) is 1. The molecule has 0 saturated heterocycles. The molecule has 2 aromatic carbocycles. The van der Waals surface area contributed by atoms with Crippen molar-refractivity contribution in [3.05, 3.63) is 59.2 Å². The molecule has 1 atom stereocenters. The van der Waals surface area contributed by atoms with Crippen LogP contribution in [0.4, 0.5) is 5.69 Å². The maximum Gasteiger partial charge on any atom is 0.279 e. The quantitative estimate of drug-likeness (QED) is 0.615. The van der Waals surface area contributed by atoms with Crippen LogP contribution in [0.1, 0.15) is 16.7 Å². The van der Waals surface area contributed by atoms with Gasteiger partial charge in [0.25, 0.3) is 5.91 Å². The molecule has 0 bridgehead atoms. The van der Waals surface area contributed by atoms with Crippen molar-refractivity contribution in [3.8, 4) is 0 Å². The number of para-hydroxylation sites is 1. The highest BCUT2D eigenvalue weighted by Crippen LogP contribution is 2.26. The monoisotopic (exact) mass is 372 g/mol. The van der Waals surface area contributed by atoms with Crippen LogP contribution < -0.4 is 16.0 Å². The van der Waals surface area contributed by atoms with Crippen molar-refractivity contribution in [1.29, 1.82) is 0 Å². The van der Waals surface area contributed by atoms with Crippen LogP contribution in [-0.4, -0.2) is 31.2 Å². The normalized spacial score (nSPS) is 11.8. The molecule has 5 nitrogen and oxygen atoms in total. The number of nitrogens with two attached hydrogens (primary N) is 1. The summed E-state index contributed by atoms with van der Waals surface area (Å²) in [4.78, 5) is 25.3. The number of hydrogen-bond donors (Lipinski definition) is 3. The summed E-state index contributed by atoms with van der Waals surface area (Å²) in [6.45, 7) is 5.33. The predicted molar refractivity (Wildman–Crippen MR) is 106 cm³/mol. The minimum atomic E-state index is -0.381. The lowest BCUT2D eigenvalue weighted by atomic mass is 10.1. The van der Waals surface area contributed by atoms with Gasteiger partial charge in [-0.05, 0) is 31.5 Å². The van der Waals surface area contributed by atoms with Gasteiger partial charge in [0.2, 0.25) is 5.91 Å². The van der Waals surface area contributed by atoms with E-state index in [0.29, 0.717) is 12.2 Å². The predicted octanol–water partition coefficient (Wildman–Crippen LogP) is 1.53. The molecule has 0 aliphatic carbocycles. The van der Waals surface area contributed by atoms with Crippen molar-refractivity contribution in [2.45, 2.75) is 25.3 Å². The lowest BCUT2D eigenvalue weighted by molar-refractivity contribution is -0.885. The first-order valence-electron chi connectivity index (χ1n) is 8.52. The summed E-state index contributed by atoms with van der Waals surface area (Å²) in [5.41, 5.74) is 9.65. The second-order valence-electron chi connectivity index (χ2n) is 6.54. The third-order valence-electron chi connectivity index (χ3n) is 3.98. The molecule has 138 valence electrons. The molecular formula is C20H26N3O2S+. The summed E-state index contributed by atoms with van der Waals surface area (Å²) in [5.74, 6) is -0.252. The van der Waals surface area contributed by atoms with Crippen LogP contribution in [0.25, 0.3) is 0 Å². The molecule has 2 aromatic rings. The lowest BCUT2D eigenvalue weighted by Crippen LogP contribution is -3.08. The highest BCUT2D eigenvalue weighted by molar-refractivity contribution is 8.00. The maximum absolute atomic E-state index is 12.4. The minimum Gasteiger partial charge on any atom is -0.369 e. The largest absolute Gasteiger partial charge is 0.369 e. The Hall–Kier alpha value is -2.31. The number of primary amides is 1. The van der Waals surface area contributed by atoms with Gasteiger partial charge in [0.05, 0.1) is 18.5 Å². The summed E-state index contributed by atoms with van der Waals surface area (Å²) in [6, 6.07) is 13.8. The molecule has 0 radical (unpaired) electrons. The van der Waals surface area contributed by atoms with E-state index in [9.17, 15) is 9.59 Å². The van der Waals surface area contributed by atoms with Crippen molar-refractivity contribution < 1.29 is 14.5 Å². The van der Waals surface area contributed by atoms with Crippen LogP contribution in [0.3, 0.4) is 0 Å². The second kappa shape index (κ2) is 9.40. The average Bonchev–Trinajstić information content (AvgIpc) is 2.56. The van der Waals surface area contributed by atoms with Crippen molar-refractivity contribution in [1.82, 2.24) is 0 Å². The van der Waals surface area contributed by atoms with Crippen LogP contribution in [0.5, 0.6) is 0 Å². The molecule has 2 amide bonds. The van der Waals surface area contributed by atoms with Gasteiger partial charge in [-0.25, -0.2) is 0 Å². The zero-order chi connectivity index (χ0) is 19.1. The zero-order valence-electron chi connectivity index (χ0n) is 15.5. The highest BCUT2D eigenvalue weighted by Gasteiger charge is 2.14. The fourth-order valence-corrected chi connectivity index (χ4v) is 3.49. The van der Waals surface area contributed by atoms with Crippen LogP contribution >= 0.6 is 11.8 Å². The van der Waals surface area contributed by atoms with Gasteiger partial charge in [0, 0.05) is 10.5 Å². The van der Waals surface area contributed by atoms with Gasteiger partial charge < -0.3 is 16.0 Å². The SMILES string of the molecule is Cc1ccc(C[NH+](C)CC(=O)Nc2ccccc2SCC(N)=O)c(C)c1. The van der Waals surface area contributed by atoms with E-state index in [4.69, 9.17) is 5.73 Å². The van der Waals surface area contributed by atoms with Gasteiger partial charge in [-0.15, -0.1) is 11.8 Å². The molecule has 0 aliphatic rings. The Morgan fingerprint density at radius 3 is 2.58 bits per heavy atom. The number of hydrogen-bond acceptors (Lipinski definition) is 3. The third-order valence-corrected chi connectivity index (χ3v) is 5.08.